The quantitative estimate of drug-likeness (QED) is 0.0983. The van der Waals surface area contributed by atoms with Gasteiger partial charge in [0.2, 0.25) is 0 Å². The Hall–Kier alpha value is -0.860. The summed E-state index contributed by atoms with van der Waals surface area (Å²) in [5.74, 6) is 0. The Morgan fingerprint density at radius 1 is 0.410 bits per heavy atom. The smallest absolute Gasteiger partial charge is 0.0431 e. The monoisotopic (exact) mass is 546 g/mol. The first kappa shape index (κ1) is 38.1. The van der Waals surface area contributed by atoms with Gasteiger partial charge in [-0.3, -0.25) is 0 Å². The van der Waals surface area contributed by atoms with E-state index >= 15 is 0 Å². The van der Waals surface area contributed by atoms with Crippen LogP contribution in [0.15, 0.2) is 30.3 Å². The second kappa shape index (κ2) is 35.2. The van der Waals surface area contributed by atoms with Crippen molar-refractivity contribution in [2.45, 2.75) is 193 Å². The molecule has 0 saturated heterocycles. The second-order valence-corrected chi connectivity index (χ2v) is 12.0. The molecule has 3 N–H and O–H groups in total. The van der Waals surface area contributed by atoms with Crippen LogP contribution in [0.5, 0.6) is 0 Å². The lowest BCUT2D eigenvalue weighted by atomic mass is 10.0. The van der Waals surface area contributed by atoms with Crippen LogP contribution in [0.25, 0.3) is 0 Å². The molecule has 0 heterocycles. The third kappa shape index (κ3) is 33.2. The minimum absolute atomic E-state index is 0.374. The Morgan fingerprint density at radius 3 is 0.872 bits per heavy atom. The topological polar surface area (TPSA) is 46.2 Å². The molecule has 230 valence electrons. The van der Waals surface area contributed by atoms with E-state index in [0.29, 0.717) is 13.2 Å². The van der Waals surface area contributed by atoms with Crippen molar-refractivity contribution < 1.29 is 5.11 Å². The average Bonchev–Trinajstić information content (AvgIpc) is 2.97. The summed E-state index contributed by atoms with van der Waals surface area (Å²) in [5, 5.41) is 8.76. The standard InChI is InChI=1S/C30H62O.C7H9N/c1-2-3-4-5-6-7-8-9-10-11-12-13-14-15-16-17-18-19-20-21-22-23-24-25-26-27-28-29-30-31;8-6-7-4-2-1-3-5-7/h31H,2-30H2,1H3;1-5H,6,8H2. The Kier molecular flexibility index (Phi) is 34.4. The van der Waals surface area contributed by atoms with Crippen LogP contribution in [0, 0.1) is 0 Å². The zero-order valence-corrected chi connectivity index (χ0v) is 26.6. The molecule has 39 heavy (non-hydrogen) atoms. The average molecular weight is 546 g/mol. The molecular weight excluding hydrogens is 474 g/mol. The Balaban J connectivity index is 0.00000152. The molecule has 0 saturated carbocycles. The van der Waals surface area contributed by atoms with Gasteiger partial charge in [-0.1, -0.05) is 211 Å². The highest BCUT2D eigenvalue weighted by molar-refractivity contribution is 5.13. The van der Waals surface area contributed by atoms with Gasteiger partial charge in [-0.05, 0) is 12.0 Å². The van der Waals surface area contributed by atoms with Crippen LogP contribution in [0.3, 0.4) is 0 Å². The van der Waals surface area contributed by atoms with Crippen molar-refractivity contribution in [1.82, 2.24) is 0 Å². The molecule has 0 fully saturated rings. The van der Waals surface area contributed by atoms with E-state index in [1.807, 2.05) is 30.3 Å². The van der Waals surface area contributed by atoms with E-state index in [2.05, 4.69) is 6.92 Å². The van der Waals surface area contributed by atoms with Crippen LogP contribution in [0.2, 0.25) is 0 Å². The summed E-state index contributed by atoms with van der Waals surface area (Å²) in [6, 6.07) is 9.99. The Morgan fingerprint density at radius 2 is 0.667 bits per heavy atom. The number of hydrogen-bond acceptors (Lipinski definition) is 2. The summed E-state index contributed by atoms with van der Waals surface area (Å²) < 4.78 is 0. The van der Waals surface area contributed by atoms with Gasteiger partial charge in [0, 0.05) is 13.2 Å². The van der Waals surface area contributed by atoms with Crippen molar-refractivity contribution in [3.05, 3.63) is 35.9 Å². The van der Waals surface area contributed by atoms with Gasteiger partial charge in [0.1, 0.15) is 0 Å². The van der Waals surface area contributed by atoms with Crippen molar-refractivity contribution in [2.75, 3.05) is 6.61 Å². The number of nitrogens with two attached hydrogens (primary N) is 1. The van der Waals surface area contributed by atoms with Gasteiger partial charge in [-0.15, -0.1) is 0 Å². The maximum absolute atomic E-state index is 8.76. The maximum Gasteiger partial charge on any atom is 0.0431 e. The van der Waals surface area contributed by atoms with Crippen LogP contribution in [0.1, 0.15) is 192 Å². The third-order valence-corrected chi connectivity index (χ3v) is 8.09. The summed E-state index contributed by atoms with van der Waals surface area (Å²) in [5.41, 5.74) is 6.54. The molecule has 2 heteroatoms. The third-order valence-electron chi connectivity index (χ3n) is 8.09. The number of unbranched alkanes of at least 4 members (excludes halogenated alkanes) is 27. The SMILES string of the molecule is CCCCCCCCCCCCCCCCCCCCCCCCCCCCCCO.NCc1ccccc1. The predicted molar refractivity (Wildman–Crippen MR) is 176 cm³/mol. The highest BCUT2D eigenvalue weighted by Gasteiger charge is 1.96. The van der Waals surface area contributed by atoms with Crippen molar-refractivity contribution >= 4 is 0 Å². The number of rotatable bonds is 29. The zero-order chi connectivity index (χ0) is 28.3. The van der Waals surface area contributed by atoms with Gasteiger partial charge >= 0.3 is 0 Å². The van der Waals surface area contributed by atoms with Crippen molar-refractivity contribution in [2.24, 2.45) is 5.73 Å². The fourth-order valence-electron chi connectivity index (χ4n) is 5.40. The highest BCUT2D eigenvalue weighted by Crippen LogP contribution is 2.16. The molecule has 1 aromatic carbocycles. The molecule has 0 atom stereocenters. The molecular formula is C37H71NO. The van der Waals surface area contributed by atoms with E-state index in [0.717, 1.165) is 6.42 Å². The fraction of sp³-hybridized carbons (Fsp3) is 0.838. The molecule has 0 radical (unpaired) electrons. The lowest BCUT2D eigenvalue weighted by Gasteiger charge is -2.04. The van der Waals surface area contributed by atoms with Crippen LogP contribution in [-0.2, 0) is 6.54 Å². The van der Waals surface area contributed by atoms with E-state index in [4.69, 9.17) is 10.8 Å². The van der Waals surface area contributed by atoms with Crippen molar-refractivity contribution in [1.29, 1.82) is 0 Å². The second-order valence-electron chi connectivity index (χ2n) is 12.0. The van der Waals surface area contributed by atoms with Crippen molar-refractivity contribution in [3.8, 4) is 0 Å². The number of hydrogen-bond donors (Lipinski definition) is 2. The minimum atomic E-state index is 0.374. The molecule has 1 rings (SSSR count). The molecule has 0 aromatic heterocycles. The van der Waals surface area contributed by atoms with Crippen molar-refractivity contribution in [3.63, 3.8) is 0 Å². The molecule has 0 unspecified atom stereocenters. The van der Waals surface area contributed by atoms with Gasteiger partial charge in [-0.25, -0.2) is 0 Å². The molecule has 0 aliphatic rings. The van der Waals surface area contributed by atoms with E-state index < -0.39 is 0 Å². The molecule has 0 amide bonds. The van der Waals surface area contributed by atoms with E-state index in [-0.39, 0.29) is 0 Å². The first-order valence-corrected chi connectivity index (χ1v) is 17.7. The highest BCUT2D eigenvalue weighted by atomic mass is 16.2. The van der Waals surface area contributed by atoms with Crippen LogP contribution in [0.4, 0.5) is 0 Å². The first-order chi connectivity index (χ1) is 19.3. The molecule has 0 bridgehead atoms. The molecule has 0 aliphatic carbocycles. The lowest BCUT2D eigenvalue weighted by molar-refractivity contribution is 0.282. The Labute approximate surface area is 246 Å². The number of benzene rings is 1. The Bertz CT molecular complexity index is 503. The van der Waals surface area contributed by atoms with Gasteiger partial charge in [0.15, 0.2) is 0 Å². The zero-order valence-electron chi connectivity index (χ0n) is 26.6. The largest absolute Gasteiger partial charge is 0.396 e. The summed E-state index contributed by atoms with van der Waals surface area (Å²) >= 11 is 0. The molecule has 2 nitrogen and oxygen atoms in total. The van der Waals surface area contributed by atoms with E-state index in [1.165, 1.54) is 179 Å². The summed E-state index contributed by atoms with van der Waals surface area (Å²) in [6.07, 6.45) is 40.1. The molecule has 0 spiro atoms. The molecule has 1 aromatic rings. The summed E-state index contributed by atoms with van der Waals surface area (Å²) in [7, 11) is 0. The van der Waals surface area contributed by atoms with Gasteiger partial charge in [-0.2, -0.15) is 0 Å². The number of aliphatic hydroxyl groups excluding tert-OH is 1. The fourth-order valence-corrected chi connectivity index (χ4v) is 5.40. The molecule has 0 aliphatic heterocycles. The van der Waals surface area contributed by atoms with Gasteiger partial charge in [0.05, 0.1) is 0 Å². The van der Waals surface area contributed by atoms with Crippen LogP contribution < -0.4 is 5.73 Å². The summed E-state index contributed by atoms with van der Waals surface area (Å²) in [4.78, 5) is 0. The lowest BCUT2D eigenvalue weighted by Crippen LogP contribution is -1.94. The predicted octanol–water partition coefficient (Wildman–Crippen LogP) is 12.1. The minimum Gasteiger partial charge on any atom is -0.396 e. The van der Waals surface area contributed by atoms with Crippen LogP contribution >= 0.6 is 0 Å². The van der Waals surface area contributed by atoms with Gasteiger partial charge in [0.25, 0.3) is 0 Å². The van der Waals surface area contributed by atoms with Crippen LogP contribution in [-0.4, -0.2) is 11.7 Å². The summed E-state index contributed by atoms with van der Waals surface area (Å²) in [6.45, 7) is 3.32. The normalized spacial score (nSPS) is 10.9. The van der Waals surface area contributed by atoms with Gasteiger partial charge < -0.3 is 10.8 Å². The maximum atomic E-state index is 8.76. The first-order valence-electron chi connectivity index (χ1n) is 17.7. The van der Waals surface area contributed by atoms with E-state index in [1.54, 1.807) is 0 Å². The van der Waals surface area contributed by atoms with E-state index in [9.17, 15) is 0 Å². The number of aliphatic hydroxyl groups is 1.